The largest absolute Gasteiger partial charge is 0.399 e. The van der Waals surface area contributed by atoms with E-state index < -0.39 is 17.5 Å². The lowest BCUT2D eigenvalue weighted by molar-refractivity contribution is -0.127. The number of hydrogen-bond acceptors (Lipinski definition) is 4. The first-order valence-corrected chi connectivity index (χ1v) is 6.99. The number of nitrogens with two attached hydrogens (primary N) is 2. The van der Waals surface area contributed by atoms with Crippen LogP contribution >= 0.6 is 23.2 Å². The number of hydrogen-bond donors (Lipinski definition) is 2. The maximum atomic E-state index is 12.2. The predicted molar refractivity (Wildman–Crippen MR) is 82.7 cm³/mol. The van der Waals surface area contributed by atoms with Crippen LogP contribution < -0.4 is 11.5 Å². The molecule has 0 spiro atoms. The van der Waals surface area contributed by atoms with Gasteiger partial charge in [-0.05, 0) is 23.8 Å². The Bertz CT molecular complexity index is 644. The van der Waals surface area contributed by atoms with Gasteiger partial charge in [-0.15, -0.1) is 0 Å². The molecule has 1 saturated heterocycles. The number of amides is 3. The summed E-state index contributed by atoms with van der Waals surface area (Å²) in [5.41, 5.74) is 10.3. The highest BCUT2D eigenvalue weighted by atomic mass is 35.5. The molecular weight excluding hydrogens is 331 g/mol. The van der Waals surface area contributed by atoms with Crippen molar-refractivity contribution in [2.24, 2.45) is 16.6 Å². The summed E-state index contributed by atoms with van der Waals surface area (Å²) in [6.45, 7) is 0.0241. The molecule has 0 aromatic heterocycles. The molecule has 22 heavy (non-hydrogen) atoms. The van der Waals surface area contributed by atoms with Gasteiger partial charge in [-0.25, -0.2) is 4.79 Å². The third-order valence-electron chi connectivity index (χ3n) is 3.50. The molecule has 3 amide bonds. The molecule has 1 unspecified atom stereocenters. The topological polar surface area (TPSA) is 111 Å². The van der Waals surface area contributed by atoms with Gasteiger partial charge < -0.3 is 21.2 Å². The second-order valence-electron chi connectivity index (χ2n) is 4.82. The van der Waals surface area contributed by atoms with Crippen LogP contribution in [-0.4, -0.2) is 36.2 Å². The van der Waals surface area contributed by atoms with Crippen molar-refractivity contribution < 1.29 is 14.4 Å². The summed E-state index contributed by atoms with van der Waals surface area (Å²) >= 11 is 12.0. The van der Waals surface area contributed by atoms with Gasteiger partial charge >= 0.3 is 6.03 Å². The molecule has 1 aromatic rings. The number of nitrogens with zero attached hydrogens (tertiary/aromatic N) is 2. The van der Waals surface area contributed by atoms with E-state index in [0.29, 0.717) is 21.3 Å². The van der Waals surface area contributed by atoms with E-state index in [1.54, 1.807) is 0 Å². The van der Waals surface area contributed by atoms with E-state index in [9.17, 15) is 9.59 Å². The van der Waals surface area contributed by atoms with Crippen LogP contribution in [0, 0.1) is 0 Å². The maximum absolute atomic E-state index is 12.2. The first-order chi connectivity index (χ1) is 10.3. The SMILES string of the molecule is CON=C1CN(C(N)=O)C(C(N)=O)(c2cc(Cl)cc(Cl)c2)C1. The van der Waals surface area contributed by atoms with Crippen LogP contribution in [0.5, 0.6) is 0 Å². The van der Waals surface area contributed by atoms with Crippen LogP contribution in [0.1, 0.15) is 12.0 Å². The van der Waals surface area contributed by atoms with E-state index in [1.807, 2.05) is 0 Å². The van der Waals surface area contributed by atoms with Crippen molar-refractivity contribution >= 4 is 40.9 Å². The van der Waals surface area contributed by atoms with Gasteiger partial charge in [0.15, 0.2) is 5.54 Å². The summed E-state index contributed by atoms with van der Waals surface area (Å²) in [6.07, 6.45) is 0.0514. The molecular formula is C13H14Cl2N4O3. The zero-order valence-electron chi connectivity index (χ0n) is 11.7. The van der Waals surface area contributed by atoms with Gasteiger partial charge in [0.1, 0.15) is 7.11 Å². The Morgan fingerprint density at radius 1 is 1.27 bits per heavy atom. The van der Waals surface area contributed by atoms with Gasteiger partial charge in [0, 0.05) is 16.5 Å². The Kier molecular flexibility index (Phi) is 4.48. The highest BCUT2D eigenvalue weighted by Crippen LogP contribution is 2.39. The minimum absolute atomic E-state index is 0.0241. The zero-order valence-corrected chi connectivity index (χ0v) is 13.2. The Hall–Kier alpha value is -1.99. The minimum Gasteiger partial charge on any atom is -0.399 e. The Labute approximate surface area is 136 Å². The van der Waals surface area contributed by atoms with Crippen LogP contribution in [-0.2, 0) is 15.2 Å². The molecule has 2 rings (SSSR count). The number of rotatable bonds is 3. The monoisotopic (exact) mass is 344 g/mol. The number of benzene rings is 1. The standard InChI is InChI=1S/C13H14Cl2N4O3/c1-22-18-10-5-13(11(16)20,19(6-10)12(17)21)7-2-8(14)4-9(15)3-7/h2-4H,5-6H2,1H3,(H2,16,20)(H2,17,21). The molecule has 1 aliphatic rings. The lowest BCUT2D eigenvalue weighted by atomic mass is 9.86. The number of likely N-dealkylation sites (tertiary alicyclic amines) is 1. The molecule has 1 fully saturated rings. The molecule has 0 saturated carbocycles. The molecule has 1 aromatic carbocycles. The molecule has 1 atom stereocenters. The number of carbonyl (C=O) groups is 2. The zero-order chi connectivity index (χ0) is 16.5. The second kappa shape index (κ2) is 6.02. The summed E-state index contributed by atoms with van der Waals surface area (Å²) in [5.74, 6) is -0.758. The van der Waals surface area contributed by atoms with Gasteiger partial charge in [-0.1, -0.05) is 28.4 Å². The van der Waals surface area contributed by atoms with E-state index in [1.165, 1.54) is 25.3 Å². The molecule has 7 nitrogen and oxygen atoms in total. The van der Waals surface area contributed by atoms with Crippen molar-refractivity contribution in [3.63, 3.8) is 0 Å². The molecule has 0 bridgehead atoms. The fourth-order valence-electron chi connectivity index (χ4n) is 2.63. The fourth-order valence-corrected chi connectivity index (χ4v) is 3.16. The summed E-state index contributed by atoms with van der Waals surface area (Å²) in [5, 5.41) is 4.42. The number of oxime groups is 1. The molecule has 9 heteroatoms. The van der Waals surface area contributed by atoms with Gasteiger partial charge in [0.25, 0.3) is 0 Å². The van der Waals surface area contributed by atoms with Crippen LogP contribution in [0.3, 0.4) is 0 Å². The van der Waals surface area contributed by atoms with Gasteiger partial charge in [0.2, 0.25) is 5.91 Å². The van der Waals surface area contributed by atoms with Gasteiger partial charge in [0.05, 0.1) is 12.3 Å². The quantitative estimate of drug-likeness (QED) is 0.809. The average molecular weight is 345 g/mol. The van der Waals surface area contributed by atoms with Crippen molar-refractivity contribution in [2.45, 2.75) is 12.0 Å². The van der Waals surface area contributed by atoms with Crippen LogP contribution in [0.4, 0.5) is 4.79 Å². The number of urea groups is 1. The van der Waals surface area contributed by atoms with Gasteiger partial charge in [-0.3, -0.25) is 4.79 Å². The van der Waals surface area contributed by atoms with Crippen LogP contribution in [0.15, 0.2) is 23.4 Å². The van der Waals surface area contributed by atoms with Crippen molar-refractivity contribution in [3.8, 4) is 0 Å². The van der Waals surface area contributed by atoms with Crippen molar-refractivity contribution in [3.05, 3.63) is 33.8 Å². The number of halogens is 2. The van der Waals surface area contributed by atoms with E-state index >= 15 is 0 Å². The Balaban J connectivity index is 2.66. The van der Waals surface area contributed by atoms with E-state index in [4.69, 9.17) is 39.5 Å². The highest BCUT2D eigenvalue weighted by Gasteiger charge is 2.52. The summed E-state index contributed by atoms with van der Waals surface area (Å²) in [6, 6.07) is 3.74. The van der Waals surface area contributed by atoms with Gasteiger partial charge in [-0.2, -0.15) is 0 Å². The molecule has 4 N–H and O–H groups in total. The smallest absolute Gasteiger partial charge is 0.316 e. The maximum Gasteiger partial charge on any atom is 0.316 e. The second-order valence-corrected chi connectivity index (χ2v) is 5.70. The molecule has 0 radical (unpaired) electrons. The number of primary amides is 2. The first kappa shape index (κ1) is 16.4. The molecule has 1 heterocycles. The van der Waals surface area contributed by atoms with E-state index in [2.05, 4.69) is 5.16 Å². The van der Waals surface area contributed by atoms with Crippen LogP contribution in [0.25, 0.3) is 0 Å². The highest BCUT2D eigenvalue weighted by molar-refractivity contribution is 6.34. The summed E-state index contributed by atoms with van der Waals surface area (Å²) < 4.78 is 0. The summed E-state index contributed by atoms with van der Waals surface area (Å²) in [7, 11) is 1.36. The third kappa shape index (κ3) is 2.69. The first-order valence-electron chi connectivity index (χ1n) is 6.23. The third-order valence-corrected chi connectivity index (χ3v) is 3.93. The predicted octanol–water partition coefficient (Wildman–Crippen LogP) is 1.46. The van der Waals surface area contributed by atoms with E-state index in [0.717, 1.165) is 4.90 Å². The lowest BCUT2D eigenvalue weighted by Gasteiger charge is -2.34. The lowest BCUT2D eigenvalue weighted by Crippen LogP contribution is -2.55. The Morgan fingerprint density at radius 3 is 2.32 bits per heavy atom. The molecule has 118 valence electrons. The van der Waals surface area contributed by atoms with Crippen molar-refractivity contribution in [1.82, 2.24) is 4.90 Å². The Morgan fingerprint density at radius 2 is 1.86 bits per heavy atom. The number of carbonyl (C=O) groups excluding carboxylic acids is 2. The van der Waals surface area contributed by atoms with Crippen molar-refractivity contribution in [2.75, 3.05) is 13.7 Å². The normalized spacial score (nSPS) is 22.9. The fraction of sp³-hybridized carbons (Fsp3) is 0.308. The molecule has 0 aliphatic carbocycles. The minimum atomic E-state index is -1.50. The average Bonchev–Trinajstić information content (AvgIpc) is 2.79. The van der Waals surface area contributed by atoms with E-state index in [-0.39, 0.29) is 13.0 Å². The van der Waals surface area contributed by atoms with Crippen LogP contribution in [0.2, 0.25) is 10.0 Å². The summed E-state index contributed by atoms with van der Waals surface area (Å²) in [4.78, 5) is 29.8. The van der Waals surface area contributed by atoms with Crippen molar-refractivity contribution in [1.29, 1.82) is 0 Å². The molecule has 1 aliphatic heterocycles.